The summed E-state index contributed by atoms with van der Waals surface area (Å²) in [5.74, 6) is 0.0705. The van der Waals surface area contributed by atoms with Gasteiger partial charge in [-0.3, -0.25) is 10.1 Å². The highest BCUT2D eigenvalue weighted by Crippen LogP contribution is 2.22. The van der Waals surface area contributed by atoms with Crippen molar-refractivity contribution in [3.63, 3.8) is 0 Å². The van der Waals surface area contributed by atoms with Crippen molar-refractivity contribution in [2.75, 3.05) is 20.0 Å². The molecule has 0 aromatic rings. The van der Waals surface area contributed by atoms with E-state index < -0.39 is 12.0 Å². The lowest BCUT2D eigenvalue weighted by Crippen LogP contribution is -2.47. The summed E-state index contributed by atoms with van der Waals surface area (Å²) in [5, 5.41) is 12.0. The predicted molar refractivity (Wildman–Crippen MR) is 57.8 cm³/mol. The molecule has 15 heavy (non-hydrogen) atoms. The lowest BCUT2D eigenvalue weighted by Gasteiger charge is -2.29. The van der Waals surface area contributed by atoms with Gasteiger partial charge in [0.05, 0.1) is 5.37 Å². The molecular formula is C9H17NO4S. The van der Waals surface area contributed by atoms with Crippen LogP contribution in [-0.4, -0.2) is 48.8 Å². The Hall–Kier alpha value is -0.300. The maximum atomic E-state index is 10.8. The van der Waals surface area contributed by atoms with E-state index >= 15 is 0 Å². The maximum Gasteiger partial charge on any atom is 0.320 e. The number of thioether (sulfide) groups is 1. The smallest absolute Gasteiger partial charge is 0.320 e. The zero-order valence-electron chi connectivity index (χ0n) is 8.93. The molecule has 1 fully saturated rings. The minimum Gasteiger partial charge on any atom is -0.480 e. The van der Waals surface area contributed by atoms with E-state index in [4.69, 9.17) is 14.6 Å². The molecule has 0 saturated carbocycles. The highest BCUT2D eigenvalue weighted by molar-refractivity contribution is 7.99. The Bertz CT molecular complexity index is 210. The molecule has 0 bridgehead atoms. The van der Waals surface area contributed by atoms with E-state index in [0.717, 1.165) is 5.75 Å². The van der Waals surface area contributed by atoms with Crippen molar-refractivity contribution >= 4 is 17.7 Å². The number of ether oxygens (including phenoxy) is 2. The van der Waals surface area contributed by atoms with Gasteiger partial charge in [0, 0.05) is 20.6 Å². The highest BCUT2D eigenvalue weighted by Gasteiger charge is 2.28. The molecular weight excluding hydrogens is 218 g/mol. The molecule has 6 heteroatoms. The molecule has 0 amide bonds. The third kappa shape index (κ3) is 3.98. The van der Waals surface area contributed by atoms with Gasteiger partial charge in [-0.05, 0) is 12.2 Å². The SMILES string of the molecule is COC(CC1NC(C(=O)O)CCS1)OC. The molecule has 2 unspecified atom stereocenters. The summed E-state index contributed by atoms with van der Waals surface area (Å²) < 4.78 is 10.1. The molecule has 1 rings (SSSR count). The summed E-state index contributed by atoms with van der Waals surface area (Å²) in [6.07, 6.45) is 1.05. The lowest BCUT2D eigenvalue weighted by atomic mass is 10.2. The van der Waals surface area contributed by atoms with Gasteiger partial charge in [-0.25, -0.2) is 0 Å². The largest absolute Gasteiger partial charge is 0.480 e. The first-order chi connectivity index (χ1) is 7.17. The Morgan fingerprint density at radius 2 is 2.27 bits per heavy atom. The summed E-state index contributed by atoms with van der Waals surface area (Å²) in [7, 11) is 3.16. The van der Waals surface area contributed by atoms with E-state index in [2.05, 4.69) is 5.32 Å². The van der Waals surface area contributed by atoms with Crippen LogP contribution in [0.2, 0.25) is 0 Å². The molecule has 0 spiro atoms. The molecule has 88 valence electrons. The Morgan fingerprint density at radius 1 is 1.60 bits per heavy atom. The van der Waals surface area contributed by atoms with Crippen molar-refractivity contribution in [2.24, 2.45) is 0 Å². The van der Waals surface area contributed by atoms with Gasteiger partial charge >= 0.3 is 5.97 Å². The van der Waals surface area contributed by atoms with Crippen molar-refractivity contribution < 1.29 is 19.4 Å². The van der Waals surface area contributed by atoms with Crippen LogP contribution in [0.4, 0.5) is 0 Å². The molecule has 5 nitrogen and oxygen atoms in total. The summed E-state index contributed by atoms with van der Waals surface area (Å²) >= 11 is 1.71. The van der Waals surface area contributed by atoms with Gasteiger partial charge in [0.25, 0.3) is 0 Å². The van der Waals surface area contributed by atoms with Crippen LogP contribution in [-0.2, 0) is 14.3 Å². The number of carboxylic acids is 1. The quantitative estimate of drug-likeness (QED) is 0.676. The Morgan fingerprint density at radius 3 is 2.80 bits per heavy atom. The van der Waals surface area contributed by atoms with Gasteiger partial charge in [0.15, 0.2) is 6.29 Å². The minimum absolute atomic E-state index is 0.0877. The number of hydrogen-bond donors (Lipinski definition) is 2. The first-order valence-corrected chi connectivity index (χ1v) is 5.88. The molecule has 1 aliphatic rings. The second-order valence-electron chi connectivity index (χ2n) is 3.34. The van der Waals surface area contributed by atoms with E-state index in [1.54, 1.807) is 26.0 Å². The monoisotopic (exact) mass is 235 g/mol. The van der Waals surface area contributed by atoms with Crippen molar-refractivity contribution in [1.82, 2.24) is 5.32 Å². The highest BCUT2D eigenvalue weighted by atomic mass is 32.2. The van der Waals surface area contributed by atoms with E-state index in [9.17, 15) is 4.79 Å². The third-order valence-electron chi connectivity index (χ3n) is 2.34. The predicted octanol–water partition coefficient (Wildman–Crippen LogP) is 0.501. The number of carbonyl (C=O) groups is 1. The lowest BCUT2D eigenvalue weighted by molar-refractivity contribution is -0.140. The second kappa shape index (κ2) is 6.32. The number of methoxy groups -OCH3 is 2. The minimum atomic E-state index is -0.785. The van der Waals surface area contributed by atoms with Crippen LogP contribution >= 0.6 is 11.8 Å². The van der Waals surface area contributed by atoms with Crippen molar-refractivity contribution in [3.05, 3.63) is 0 Å². The zero-order valence-corrected chi connectivity index (χ0v) is 9.75. The molecule has 0 aromatic carbocycles. The molecule has 0 aliphatic carbocycles. The van der Waals surface area contributed by atoms with Crippen LogP contribution in [0.1, 0.15) is 12.8 Å². The van der Waals surface area contributed by atoms with Gasteiger partial charge in [-0.1, -0.05) is 0 Å². The van der Waals surface area contributed by atoms with Crippen molar-refractivity contribution in [3.8, 4) is 0 Å². The average molecular weight is 235 g/mol. The van der Waals surface area contributed by atoms with Crippen molar-refractivity contribution in [2.45, 2.75) is 30.5 Å². The number of aliphatic carboxylic acids is 1. The van der Waals surface area contributed by atoms with E-state index in [-0.39, 0.29) is 11.7 Å². The van der Waals surface area contributed by atoms with E-state index in [0.29, 0.717) is 12.8 Å². The van der Waals surface area contributed by atoms with Crippen LogP contribution in [0.25, 0.3) is 0 Å². The fraction of sp³-hybridized carbons (Fsp3) is 0.889. The first-order valence-electron chi connectivity index (χ1n) is 4.83. The van der Waals surface area contributed by atoms with Gasteiger partial charge in [-0.15, -0.1) is 11.8 Å². The number of nitrogens with one attached hydrogen (secondary N) is 1. The average Bonchev–Trinajstić information content (AvgIpc) is 2.26. The van der Waals surface area contributed by atoms with Crippen LogP contribution in [0.3, 0.4) is 0 Å². The standard InChI is InChI=1S/C9H17NO4S/c1-13-8(14-2)5-7-10-6(9(11)12)3-4-15-7/h6-8,10H,3-5H2,1-2H3,(H,11,12). The van der Waals surface area contributed by atoms with E-state index in [1.165, 1.54) is 0 Å². The molecule has 1 aliphatic heterocycles. The number of hydrogen-bond acceptors (Lipinski definition) is 5. The third-order valence-corrected chi connectivity index (χ3v) is 3.55. The Labute approximate surface area is 93.5 Å². The number of carboxylic acid groups (broad SMARTS) is 1. The number of rotatable bonds is 5. The Kier molecular flexibility index (Phi) is 5.38. The summed E-state index contributed by atoms with van der Waals surface area (Å²) in [5.41, 5.74) is 0. The summed E-state index contributed by atoms with van der Waals surface area (Å²) in [6.45, 7) is 0. The van der Waals surface area contributed by atoms with Crippen LogP contribution < -0.4 is 5.32 Å². The van der Waals surface area contributed by atoms with Gasteiger partial charge in [0.2, 0.25) is 0 Å². The van der Waals surface area contributed by atoms with Gasteiger partial charge in [0.1, 0.15) is 6.04 Å². The Balaban J connectivity index is 2.38. The van der Waals surface area contributed by atoms with Crippen molar-refractivity contribution in [1.29, 1.82) is 0 Å². The normalized spacial score (nSPS) is 26.9. The van der Waals surface area contributed by atoms with Crippen LogP contribution in [0.15, 0.2) is 0 Å². The first kappa shape index (κ1) is 12.8. The molecule has 2 atom stereocenters. The summed E-state index contributed by atoms with van der Waals surface area (Å²) in [4.78, 5) is 10.8. The van der Waals surface area contributed by atoms with Gasteiger partial charge in [-0.2, -0.15) is 0 Å². The molecule has 1 heterocycles. The maximum absolute atomic E-state index is 10.8. The second-order valence-corrected chi connectivity index (χ2v) is 4.65. The topological polar surface area (TPSA) is 67.8 Å². The molecule has 0 aromatic heterocycles. The van der Waals surface area contributed by atoms with E-state index in [1.807, 2.05) is 0 Å². The van der Waals surface area contributed by atoms with Gasteiger partial charge < -0.3 is 14.6 Å². The molecule has 2 N–H and O–H groups in total. The molecule has 0 radical (unpaired) electrons. The summed E-state index contributed by atoms with van der Waals surface area (Å²) in [6, 6.07) is -0.439. The fourth-order valence-corrected chi connectivity index (χ4v) is 2.69. The fourth-order valence-electron chi connectivity index (χ4n) is 1.48. The molecule has 1 saturated heterocycles. The van der Waals surface area contributed by atoms with Crippen LogP contribution in [0.5, 0.6) is 0 Å². The van der Waals surface area contributed by atoms with Crippen LogP contribution in [0, 0.1) is 0 Å². The zero-order chi connectivity index (χ0) is 11.3.